The second-order valence-electron chi connectivity index (χ2n) is 2.34. The van der Waals surface area contributed by atoms with Crippen LogP contribution in [0.25, 0.3) is 0 Å². The molecular formula is C9H21O4P. The predicted octanol–water partition coefficient (Wildman–Crippen LogP) is 2.73. The van der Waals surface area contributed by atoms with Gasteiger partial charge < -0.3 is 18.5 Å². The molecule has 0 fully saturated rings. The molecule has 0 atom stereocenters. The normalized spacial score (nSPS) is 11.6. The smallest absolute Gasteiger partial charge is 0.231 e. The van der Waals surface area contributed by atoms with E-state index in [1.54, 1.807) is 0 Å². The molecule has 0 aromatic rings. The minimum Gasteiger partial charge on any atom is -0.345 e. The molecule has 0 aliphatic rings. The highest BCUT2D eigenvalue weighted by atomic mass is 31.2. The van der Waals surface area contributed by atoms with Crippen molar-refractivity contribution in [2.75, 3.05) is 26.4 Å². The van der Waals surface area contributed by atoms with Crippen LogP contribution >= 0.6 is 8.38 Å². The van der Waals surface area contributed by atoms with E-state index in [1.165, 1.54) is 0 Å². The fourth-order valence-corrected chi connectivity index (χ4v) is 2.24. The third-order valence-electron chi connectivity index (χ3n) is 1.30. The minimum atomic E-state index is -1.08. The van der Waals surface area contributed by atoms with E-state index >= 15 is 0 Å². The standard InChI is InChI=1S/C9H21O4P/c1-5-10-9(11-6-2)14(12-7-3)13-8-4/h9H,5-8H2,1-4H3. The summed E-state index contributed by atoms with van der Waals surface area (Å²) in [5.74, 6) is 0. The Morgan fingerprint density at radius 1 is 0.786 bits per heavy atom. The number of hydrogen-bond donors (Lipinski definition) is 0. The van der Waals surface area contributed by atoms with Gasteiger partial charge in [-0.3, -0.25) is 0 Å². The molecule has 0 aromatic carbocycles. The fourth-order valence-electron chi connectivity index (χ4n) is 0.868. The SMILES string of the molecule is CCOC(OCC)P(OCC)OCC. The highest BCUT2D eigenvalue weighted by molar-refractivity contribution is 7.47. The first-order chi connectivity index (χ1) is 6.79. The molecule has 0 saturated carbocycles. The van der Waals surface area contributed by atoms with Gasteiger partial charge in [-0.25, -0.2) is 0 Å². The lowest BCUT2D eigenvalue weighted by molar-refractivity contribution is -0.0910. The predicted molar refractivity (Wildman–Crippen MR) is 57.2 cm³/mol. The first kappa shape index (κ1) is 14.3. The van der Waals surface area contributed by atoms with Gasteiger partial charge in [-0.15, -0.1) is 0 Å². The van der Waals surface area contributed by atoms with Crippen LogP contribution < -0.4 is 0 Å². The fraction of sp³-hybridized carbons (Fsp3) is 1.00. The zero-order chi connectivity index (χ0) is 10.8. The number of rotatable bonds is 9. The van der Waals surface area contributed by atoms with Crippen molar-refractivity contribution in [1.82, 2.24) is 0 Å². The third kappa shape index (κ3) is 5.89. The first-order valence-corrected chi connectivity index (χ1v) is 6.32. The van der Waals surface area contributed by atoms with Gasteiger partial charge in [0, 0.05) is 13.2 Å². The Morgan fingerprint density at radius 3 is 1.50 bits per heavy atom. The topological polar surface area (TPSA) is 36.9 Å². The van der Waals surface area contributed by atoms with Crippen molar-refractivity contribution < 1.29 is 18.5 Å². The maximum atomic E-state index is 5.44. The van der Waals surface area contributed by atoms with E-state index in [0.29, 0.717) is 26.4 Å². The monoisotopic (exact) mass is 224 g/mol. The Kier molecular flexibility index (Phi) is 10.0. The zero-order valence-corrected chi connectivity index (χ0v) is 10.4. The van der Waals surface area contributed by atoms with Crippen molar-refractivity contribution in [2.24, 2.45) is 0 Å². The minimum absolute atomic E-state index is 0.361. The Bertz CT molecular complexity index is 97.4. The van der Waals surface area contributed by atoms with Crippen LogP contribution in [0, 0.1) is 0 Å². The van der Waals surface area contributed by atoms with Crippen LogP contribution in [0.1, 0.15) is 27.7 Å². The largest absolute Gasteiger partial charge is 0.345 e. The summed E-state index contributed by atoms with van der Waals surface area (Å²) in [5.41, 5.74) is 0. The summed E-state index contributed by atoms with van der Waals surface area (Å²) < 4.78 is 21.7. The molecule has 0 saturated heterocycles. The van der Waals surface area contributed by atoms with Crippen LogP contribution in [0.5, 0.6) is 0 Å². The van der Waals surface area contributed by atoms with Crippen LogP contribution in [0.15, 0.2) is 0 Å². The van der Waals surface area contributed by atoms with Crippen molar-refractivity contribution >= 4 is 8.38 Å². The summed E-state index contributed by atoms with van der Waals surface area (Å²) in [6, 6.07) is -0.361. The van der Waals surface area contributed by atoms with E-state index in [1.807, 2.05) is 27.7 Å². The third-order valence-corrected chi connectivity index (χ3v) is 2.97. The first-order valence-electron chi connectivity index (χ1n) is 5.08. The lowest BCUT2D eigenvalue weighted by Gasteiger charge is -2.24. The lowest BCUT2D eigenvalue weighted by atomic mass is 10.9. The second kappa shape index (κ2) is 9.81. The molecule has 4 nitrogen and oxygen atoms in total. The van der Waals surface area contributed by atoms with Crippen LogP contribution in [0.4, 0.5) is 0 Å². The molecule has 0 radical (unpaired) electrons. The molecule has 0 unspecified atom stereocenters. The quantitative estimate of drug-likeness (QED) is 0.445. The molecular weight excluding hydrogens is 203 g/mol. The summed E-state index contributed by atoms with van der Waals surface area (Å²) in [6.45, 7) is 10.2. The molecule has 14 heavy (non-hydrogen) atoms. The van der Waals surface area contributed by atoms with Gasteiger partial charge in [0.2, 0.25) is 14.4 Å². The number of ether oxygens (including phenoxy) is 2. The Hall–Kier alpha value is 0.270. The summed E-state index contributed by atoms with van der Waals surface area (Å²) in [4.78, 5) is 0. The average Bonchev–Trinajstić information content (AvgIpc) is 2.17. The second-order valence-corrected chi connectivity index (χ2v) is 3.85. The molecule has 0 N–H and O–H groups in total. The Balaban J connectivity index is 4.06. The highest BCUT2D eigenvalue weighted by Gasteiger charge is 2.24. The van der Waals surface area contributed by atoms with Gasteiger partial charge in [-0.1, -0.05) is 0 Å². The molecule has 0 spiro atoms. The lowest BCUT2D eigenvalue weighted by Crippen LogP contribution is -2.17. The Labute approximate surface area is 87.8 Å². The van der Waals surface area contributed by atoms with Crippen LogP contribution in [0.2, 0.25) is 0 Å². The van der Waals surface area contributed by atoms with Crippen molar-refractivity contribution in [3.63, 3.8) is 0 Å². The van der Waals surface area contributed by atoms with Gasteiger partial charge in [0.1, 0.15) is 0 Å². The van der Waals surface area contributed by atoms with Crippen molar-refractivity contribution in [2.45, 2.75) is 33.7 Å². The highest BCUT2D eigenvalue weighted by Crippen LogP contribution is 2.44. The molecule has 0 aromatic heterocycles. The van der Waals surface area contributed by atoms with Gasteiger partial charge in [0.05, 0.1) is 13.2 Å². The van der Waals surface area contributed by atoms with E-state index in [4.69, 9.17) is 18.5 Å². The molecule has 0 heterocycles. The molecule has 0 bridgehead atoms. The molecule has 0 aliphatic carbocycles. The molecule has 5 heteroatoms. The van der Waals surface area contributed by atoms with Gasteiger partial charge in [-0.05, 0) is 27.7 Å². The van der Waals surface area contributed by atoms with Crippen LogP contribution in [-0.2, 0) is 18.5 Å². The average molecular weight is 224 g/mol. The summed E-state index contributed by atoms with van der Waals surface area (Å²) in [7, 11) is -1.08. The Morgan fingerprint density at radius 2 is 1.21 bits per heavy atom. The van der Waals surface area contributed by atoms with Gasteiger partial charge >= 0.3 is 0 Å². The zero-order valence-electron chi connectivity index (χ0n) is 9.49. The molecule has 0 rings (SSSR count). The van der Waals surface area contributed by atoms with Crippen LogP contribution in [0.3, 0.4) is 0 Å². The van der Waals surface area contributed by atoms with Crippen molar-refractivity contribution in [3.8, 4) is 0 Å². The summed E-state index contributed by atoms with van der Waals surface area (Å²) >= 11 is 0. The van der Waals surface area contributed by atoms with Gasteiger partial charge in [0.15, 0.2) is 0 Å². The summed E-state index contributed by atoms with van der Waals surface area (Å²) in [6.07, 6.45) is 0. The summed E-state index contributed by atoms with van der Waals surface area (Å²) in [5, 5.41) is 0. The maximum absolute atomic E-state index is 5.44. The van der Waals surface area contributed by atoms with E-state index in [-0.39, 0.29) is 6.03 Å². The van der Waals surface area contributed by atoms with E-state index < -0.39 is 8.38 Å². The van der Waals surface area contributed by atoms with E-state index in [0.717, 1.165) is 0 Å². The molecule has 0 amide bonds. The molecule has 0 aliphatic heterocycles. The number of hydrogen-bond acceptors (Lipinski definition) is 4. The van der Waals surface area contributed by atoms with Crippen molar-refractivity contribution in [3.05, 3.63) is 0 Å². The van der Waals surface area contributed by atoms with E-state index in [9.17, 15) is 0 Å². The van der Waals surface area contributed by atoms with Gasteiger partial charge in [0.25, 0.3) is 0 Å². The van der Waals surface area contributed by atoms with Crippen LogP contribution in [-0.4, -0.2) is 32.5 Å². The van der Waals surface area contributed by atoms with Gasteiger partial charge in [-0.2, -0.15) is 0 Å². The molecule has 86 valence electrons. The van der Waals surface area contributed by atoms with Crippen molar-refractivity contribution in [1.29, 1.82) is 0 Å². The maximum Gasteiger partial charge on any atom is 0.231 e. The van der Waals surface area contributed by atoms with E-state index in [2.05, 4.69) is 0 Å².